The number of nitrogen functional groups attached to an aromatic ring is 1. The third-order valence-corrected chi connectivity index (χ3v) is 4.69. The van der Waals surface area contributed by atoms with Crippen LogP contribution < -0.4 is 5.73 Å². The summed E-state index contributed by atoms with van der Waals surface area (Å²) in [5.74, 6) is 0.141. The second-order valence-corrected chi connectivity index (χ2v) is 6.28. The quantitative estimate of drug-likeness (QED) is 0.868. The molecule has 0 radical (unpaired) electrons. The highest BCUT2D eigenvalue weighted by atomic mass is 16.2. The predicted octanol–water partition coefficient (Wildman–Crippen LogP) is 2.36. The zero-order valence-electron chi connectivity index (χ0n) is 12.6. The minimum Gasteiger partial charge on any atom is -0.399 e. The number of amides is 1. The fraction of sp³-hybridized carbons (Fsp3) is 0.588. The summed E-state index contributed by atoms with van der Waals surface area (Å²) in [5, 5.41) is 0. The fourth-order valence-corrected chi connectivity index (χ4v) is 3.57. The first-order valence-corrected chi connectivity index (χ1v) is 8.13. The highest BCUT2D eigenvalue weighted by Gasteiger charge is 2.31. The van der Waals surface area contributed by atoms with Gasteiger partial charge in [0.15, 0.2) is 0 Å². The highest BCUT2D eigenvalue weighted by molar-refractivity contribution is 5.95. The van der Waals surface area contributed by atoms with Crippen LogP contribution in [-0.2, 0) is 0 Å². The van der Waals surface area contributed by atoms with E-state index in [0.717, 1.165) is 31.5 Å². The summed E-state index contributed by atoms with van der Waals surface area (Å²) in [5.41, 5.74) is 7.18. The molecule has 1 unspecified atom stereocenters. The average Bonchev–Trinajstić information content (AvgIpc) is 2.95. The fourth-order valence-electron chi connectivity index (χ4n) is 3.57. The van der Waals surface area contributed by atoms with Crippen molar-refractivity contribution in [2.45, 2.75) is 38.1 Å². The van der Waals surface area contributed by atoms with Gasteiger partial charge in [0, 0.05) is 30.4 Å². The first-order chi connectivity index (χ1) is 10.2. The minimum atomic E-state index is 0.141. The van der Waals surface area contributed by atoms with Crippen molar-refractivity contribution >= 4 is 11.6 Å². The normalized spacial score (nSPS) is 23.4. The second kappa shape index (κ2) is 6.48. The molecule has 2 saturated heterocycles. The molecule has 2 fully saturated rings. The van der Waals surface area contributed by atoms with Gasteiger partial charge in [0.25, 0.3) is 5.91 Å². The summed E-state index contributed by atoms with van der Waals surface area (Å²) in [6, 6.07) is 7.72. The standard InChI is InChI=1S/C17H25N3O/c18-15-7-4-6-14(12-15)17(21)20-11-5-8-16(20)13-19-9-2-1-3-10-19/h4,6-7,12,16H,1-3,5,8-11,13,18H2. The topological polar surface area (TPSA) is 49.6 Å². The lowest BCUT2D eigenvalue weighted by Gasteiger charge is -2.33. The number of carbonyl (C=O) groups is 1. The van der Waals surface area contributed by atoms with Gasteiger partial charge in [-0.3, -0.25) is 4.79 Å². The molecule has 114 valence electrons. The van der Waals surface area contributed by atoms with E-state index in [1.807, 2.05) is 18.2 Å². The molecule has 0 saturated carbocycles. The number of likely N-dealkylation sites (tertiary alicyclic amines) is 2. The third-order valence-electron chi connectivity index (χ3n) is 4.69. The van der Waals surface area contributed by atoms with Gasteiger partial charge in [0.2, 0.25) is 0 Å². The molecule has 3 rings (SSSR count). The molecule has 2 aliphatic rings. The van der Waals surface area contributed by atoms with Gasteiger partial charge >= 0.3 is 0 Å². The molecule has 0 spiro atoms. The van der Waals surface area contributed by atoms with Gasteiger partial charge in [-0.2, -0.15) is 0 Å². The van der Waals surface area contributed by atoms with Crippen LogP contribution in [0.3, 0.4) is 0 Å². The van der Waals surface area contributed by atoms with Crippen LogP contribution >= 0.6 is 0 Å². The van der Waals surface area contributed by atoms with Crippen LogP contribution in [0.5, 0.6) is 0 Å². The summed E-state index contributed by atoms with van der Waals surface area (Å²) in [6.07, 6.45) is 6.20. The molecule has 2 aliphatic heterocycles. The first-order valence-electron chi connectivity index (χ1n) is 8.13. The lowest BCUT2D eigenvalue weighted by molar-refractivity contribution is 0.0690. The van der Waals surface area contributed by atoms with E-state index in [0.29, 0.717) is 11.7 Å². The van der Waals surface area contributed by atoms with Crippen molar-refractivity contribution in [3.05, 3.63) is 29.8 Å². The minimum absolute atomic E-state index is 0.141. The van der Waals surface area contributed by atoms with E-state index >= 15 is 0 Å². The molecule has 2 N–H and O–H groups in total. The lowest BCUT2D eigenvalue weighted by Crippen LogP contribution is -2.44. The van der Waals surface area contributed by atoms with Gasteiger partial charge in [-0.25, -0.2) is 0 Å². The number of anilines is 1. The van der Waals surface area contributed by atoms with Gasteiger partial charge in [0.05, 0.1) is 0 Å². The molecule has 1 aromatic rings. The predicted molar refractivity (Wildman–Crippen MR) is 85.2 cm³/mol. The van der Waals surface area contributed by atoms with E-state index in [9.17, 15) is 4.79 Å². The Morgan fingerprint density at radius 3 is 2.71 bits per heavy atom. The molecule has 1 amide bonds. The molecule has 0 aromatic heterocycles. The summed E-state index contributed by atoms with van der Waals surface area (Å²) in [7, 11) is 0. The maximum atomic E-state index is 12.7. The number of hydrogen-bond acceptors (Lipinski definition) is 3. The van der Waals surface area contributed by atoms with Crippen LogP contribution in [0, 0.1) is 0 Å². The van der Waals surface area contributed by atoms with Crippen LogP contribution in [-0.4, -0.2) is 47.9 Å². The van der Waals surface area contributed by atoms with Crippen LogP contribution in [0.1, 0.15) is 42.5 Å². The van der Waals surface area contributed by atoms with Crippen LogP contribution in [0.2, 0.25) is 0 Å². The van der Waals surface area contributed by atoms with Crippen molar-refractivity contribution in [1.29, 1.82) is 0 Å². The maximum Gasteiger partial charge on any atom is 0.254 e. The Labute approximate surface area is 126 Å². The number of rotatable bonds is 3. The first kappa shape index (κ1) is 14.4. The van der Waals surface area contributed by atoms with Crippen molar-refractivity contribution in [3.8, 4) is 0 Å². The number of benzene rings is 1. The van der Waals surface area contributed by atoms with Crippen LogP contribution in [0.25, 0.3) is 0 Å². The van der Waals surface area contributed by atoms with Crippen molar-refractivity contribution in [3.63, 3.8) is 0 Å². The molecule has 4 heteroatoms. The van der Waals surface area contributed by atoms with E-state index in [1.165, 1.54) is 32.4 Å². The Balaban J connectivity index is 1.66. The molecule has 0 aliphatic carbocycles. The van der Waals surface area contributed by atoms with Gasteiger partial charge in [0.1, 0.15) is 0 Å². The van der Waals surface area contributed by atoms with Crippen molar-refractivity contribution in [1.82, 2.24) is 9.80 Å². The molecule has 21 heavy (non-hydrogen) atoms. The Kier molecular flexibility index (Phi) is 4.44. The summed E-state index contributed by atoms with van der Waals surface area (Å²) < 4.78 is 0. The number of carbonyl (C=O) groups excluding carboxylic acids is 1. The van der Waals surface area contributed by atoms with Crippen molar-refractivity contribution < 1.29 is 4.79 Å². The van der Waals surface area contributed by atoms with Gasteiger partial charge < -0.3 is 15.5 Å². The van der Waals surface area contributed by atoms with Crippen molar-refractivity contribution in [2.24, 2.45) is 0 Å². The number of piperidine rings is 1. The SMILES string of the molecule is Nc1cccc(C(=O)N2CCCC2CN2CCCCC2)c1. The Hall–Kier alpha value is -1.55. The molecular weight excluding hydrogens is 262 g/mol. The Bertz CT molecular complexity index is 497. The van der Waals surface area contributed by atoms with E-state index in [-0.39, 0.29) is 5.91 Å². The Morgan fingerprint density at radius 2 is 1.95 bits per heavy atom. The van der Waals surface area contributed by atoms with Gasteiger partial charge in [-0.1, -0.05) is 12.5 Å². The molecule has 2 heterocycles. The van der Waals surface area contributed by atoms with E-state index in [1.54, 1.807) is 6.07 Å². The third kappa shape index (κ3) is 3.38. The molecule has 0 bridgehead atoms. The molecule has 1 atom stereocenters. The maximum absolute atomic E-state index is 12.7. The average molecular weight is 287 g/mol. The molecular formula is C17H25N3O. The number of nitrogens with zero attached hydrogens (tertiary/aromatic N) is 2. The monoisotopic (exact) mass is 287 g/mol. The zero-order chi connectivity index (χ0) is 14.7. The second-order valence-electron chi connectivity index (χ2n) is 6.28. The molecule has 4 nitrogen and oxygen atoms in total. The van der Waals surface area contributed by atoms with Crippen LogP contribution in [0.4, 0.5) is 5.69 Å². The van der Waals surface area contributed by atoms with E-state index in [2.05, 4.69) is 9.80 Å². The zero-order valence-corrected chi connectivity index (χ0v) is 12.6. The van der Waals surface area contributed by atoms with Gasteiger partial charge in [-0.05, 0) is 57.0 Å². The van der Waals surface area contributed by atoms with Crippen molar-refractivity contribution in [2.75, 3.05) is 31.9 Å². The highest BCUT2D eigenvalue weighted by Crippen LogP contribution is 2.23. The van der Waals surface area contributed by atoms with E-state index in [4.69, 9.17) is 5.73 Å². The van der Waals surface area contributed by atoms with Gasteiger partial charge in [-0.15, -0.1) is 0 Å². The number of nitrogens with two attached hydrogens (primary N) is 1. The smallest absolute Gasteiger partial charge is 0.254 e. The van der Waals surface area contributed by atoms with Crippen LogP contribution in [0.15, 0.2) is 24.3 Å². The lowest BCUT2D eigenvalue weighted by atomic mass is 10.1. The summed E-state index contributed by atoms with van der Waals surface area (Å²) in [6.45, 7) is 4.30. The summed E-state index contributed by atoms with van der Waals surface area (Å²) in [4.78, 5) is 17.3. The largest absolute Gasteiger partial charge is 0.399 e. The molecule has 1 aromatic carbocycles. The summed E-state index contributed by atoms with van der Waals surface area (Å²) >= 11 is 0. The van der Waals surface area contributed by atoms with E-state index < -0.39 is 0 Å². The number of hydrogen-bond donors (Lipinski definition) is 1. The Morgan fingerprint density at radius 1 is 1.14 bits per heavy atom.